The van der Waals surface area contributed by atoms with E-state index in [2.05, 4.69) is 31.1 Å². The van der Waals surface area contributed by atoms with Gasteiger partial charge in [-0.25, -0.2) is 4.98 Å². The lowest BCUT2D eigenvalue weighted by molar-refractivity contribution is -0.143. The third-order valence-electron chi connectivity index (χ3n) is 3.00. The van der Waals surface area contributed by atoms with E-state index >= 15 is 0 Å². The highest BCUT2D eigenvalue weighted by atomic mass is 16.5. The molecule has 17 heavy (non-hydrogen) atoms. The van der Waals surface area contributed by atoms with Crippen LogP contribution in [0.4, 0.5) is 0 Å². The Morgan fingerprint density at radius 2 is 2.29 bits per heavy atom. The molecule has 0 amide bonds. The number of carbonyl (C=O) groups is 1. The van der Waals surface area contributed by atoms with E-state index in [1.807, 2.05) is 10.8 Å². The molecule has 0 saturated carbocycles. The van der Waals surface area contributed by atoms with Crippen molar-refractivity contribution in [2.24, 2.45) is 0 Å². The lowest BCUT2D eigenvalue weighted by atomic mass is 9.93. The van der Waals surface area contributed by atoms with Gasteiger partial charge < -0.3 is 9.30 Å². The monoisotopic (exact) mass is 237 g/mol. The van der Waals surface area contributed by atoms with Crippen molar-refractivity contribution in [1.29, 1.82) is 0 Å². The van der Waals surface area contributed by atoms with Gasteiger partial charge in [-0.05, 0) is 0 Å². The predicted molar refractivity (Wildman–Crippen MR) is 63.6 cm³/mol. The van der Waals surface area contributed by atoms with Gasteiger partial charge in [-0.1, -0.05) is 20.8 Å². The second-order valence-corrected chi connectivity index (χ2v) is 5.40. The Morgan fingerprint density at radius 3 is 2.88 bits per heavy atom. The topological polar surface area (TPSA) is 56.2 Å². The fraction of sp³-hybridized carbons (Fsp3) is 0.667. The summed E-state index contributed by atoms with van der Waals surface area (Å²) in [4.78, 5) is 16.1. The number of hydrogen-bond acceptors (Lipinski definition) is 4. The minimum Gasteiger partial charge on any atom is -0.468 e. The van der Waals surface area contributed by atoms with Crippen molar-refractivity contribution in [2.45, 2.75) is 45.3 Å². The number of nitrogens with zero attached hydrogens (tertiary/aromatic N) is 2. The summed E-state index contributed by atoms with van der Waals surface area (Å²) in [6.45, 7) is 7.59. The molecule has 0 aliphatic carbocycles. The van der Waals surface area contributed by atoms with Crippen LogP contribution >= 0.6 is 0 Å². The lowest BCUT2D eigenvalue weighted by Gasteiger charge is -2.22. The maximum Gasteiger partial charge on any atom is 0.324 e. The van der Waals surface area contributed by atoms with Gasteiger partial charge in [0.2, 0.25) is 0 Å². The number of nitrogens with one attached hydrogen (secondary N) is 1. The molecule has 1 unspecified atom stereocenters. The molecule has 2 heterocycles. The maximum atomic E-state index is 11.5. The Labute approximate surface area is 101 Å². The number of esters is 1. The molecule has 94 valence electrons. The zero-order chi connectivity index (χ0) is 12.6. The highest BCUT2D eigenvalue weighted by molar-refractivity contribution is 5.75. The van der Waals surface area contributed by atoms with Crippen molar-refractivity contribution < 1.29 is 9.53 Å². The first-order chi connectivity index (χ1) is 7.91. The van der Waals surface area contributed by atoms with Gasteiger partial charge in [0.1, 0.15) is 11.9 Å². The second kappa shape index (κ2) is 4.14. The Morgan fingerprint density at radius 1 is 1.59 bits per heavy atom. The minimum absolute atomic E-state index is 0.0328. The molecule has 5 nitrogen and oxygen atoms in total. The van der Waals surface area contributed by atoms with Gasteiger partial charge >= 0.3 is 5.97 Å². The van der Waals surface area contributed by atoms with Crippen molar-refractivity contribution in [2.75, 3.05) is 7.11 Å². The largest absolute Gasteiger partial charge is 0.468 e. The van der Waals surface area contributed by atoms with E-state index in [4.69, 9.17) is 4.74 Å². The molecular weight excluding hydrogens is 218 g/mol. The van der Waals surface area contributed by atoms with Crippen molar-refractivity contribution >= 4 is 5.97 Å². The van der Waals surface area contributed by atoms with Crippen LogP contribution in [-0.2, 0) is 28.0 Å². The summed E-state index contributed by atoms with van der Waals surface area (Å²) in [6, 6.07) is -0.269. The molecule has 0 bridgehead atoms. The number of fused-ring (bicyclic) bond motifs is 1. The highest BCUT2D eigenvalue weighted by Crippen LogP contribution is 2.22. The Hall–Kier alpha value is -1.36. The van der Waals surface area contributed by atoms with Crippen molar-refractivity contribution in [1.82, 2.24) is 14.9 Å². The van der Waals surface area contributed by atoms with Crippen LogP contribution in [0.1, 0.15) is 32.3 Å². The highest BCUT2D eigenvalue weighted by Gasteiger charge is 2.27. The van der Waals surface area contributed by atoms with E-state index in [-0.39, 0.29) is 17.4 Å². The molecule has 0 radical (unpaired) electrons. The first kappa shape index (κ1) is 12.1. The van der Waals surface area contributed by atoms with Gasteiger partial charge in [0.05, 0.1) is 19.3 Å². The SMILES string of the molecule is COC(=O)C1Cn2cc(C(C)(C)C)nc2CN1. The van der Waals surface area contributed by atoms with Crippen LogP contribution in [-0.4, -0.2) is 28.7 Å². The average molecular weight is 237 g/mol. The summed E-state index contributed by atoms with van der Waals surface area (Å²) in [5.41, 5.74) is 1.09. The van der Waals surface area contributed by atoms with Crippen LogP contribution in [0, 0.1) is 0 Å². The third kappa shape index (κ3) is 2.34. The summed E-state index contributed by atoms with van der Waals surface area (Å²) in [6.07, 6.45) is 2.03. The quantitative estimate of drug-likeness (QED) is 0.735. The van der Waals surface area contributed by atoms with Crippen molar-refractivity contribution in [3.63, 3.8) is 0 Å². The molecule has 2 rings (SSSR count). The smallest absolute Gasteiger partial charge is 0.324 e. The summed E-state index contributed by atoms with van der Waals surface area (Å²) < 4.78 is 6.78. The van der Waals surface area contributed by atoms with Crippen LogP contribution in [0.5, 0.6) is 0 Å². The lowest BCUT2D eigenvalue weighted by Crippen LogP contribution is -2.44. The molecule has 1 atom stereocenters. The van der Waals surface area contributed by atoms with Crippen LogP contribution < -0.4 is 5.32 Å². The third-order valence-corrected chi connectivity index (χ3v) is 3.00. The number of ether oxygens (including phenoxy) is 1. The van der Waals surface area contributed by atoms with E-state index in [0.29, 0.717) is 13.1 Å². The van der Waals surface area contributed by atoms with Crippen LogP contribution in [0.25, 0.3) is 0 Å². The molecule has 1 N–H and O–H groups in total. The van der Waals surface area contributed by atoms with Crippen LogP contribution in [0.15, 0.2) is 6.20 Å². The molecule has 5 heteroatoms. The average Bonchev–Trinajstić information content (AvgIpc) is 2.70. The number of imidazole rings is 1. The number of aromatic nitrogens is 2. The number of hydrogen-bond donors (Lipinski definition) is 1. The summed E-state index contributed by atoms with van der Waals surface area (Å²) in [5, 5.41) is 3.13. The van der Waals surface area contributed by atoms with Gasteiger partial charge in [0, 0.05) is 18.2 Å². The summed E-state index contributed by atoms with van der Waals surface area (Å²) in [5.74, 6) is 0.761. The van der Waals surface area contributed by atoms with Gasteiger partial charge in [-0.15, -0.1) is 0 Å². The van der Waals surface area contributed by atoms with Crippen molar-refractivity contribution in [3.8, 4) is 0 Å². The predicted octanol–water partition coefficient (Wildman–Crippen LogP) is 0.825. The molecule has 0 saturated heterocycles. The van der Waals surface area contributed by atoms with Crippen LogP contribution in [0.3, 0.4) is 0 Å². The zero-order valence-corrected chi connectivity index (χ0v) is 10.8. The fourth-order valence-electron chi connectivity index (χ4n) is 1.89. The first-order valence-corrected chi connectivity index (χ1v) is 5.79. The van der Waals surface area contributed by atoms with Gasteiger partial charge in [-0.2, -0.15) is 0 Å². The Balaban J connectivity index is 2.21. The minimum atomic E-state index is -0.269. The Kier molecular flexibility index (Phi) is 2.95. The van der Waals surface area contributed by atoms with Gasteiger partial charge in [0.25, 0.3) is 0 Å². The molecule has 1 aromatic rings. The molecule has 0 aromatic carbocycles. The van der Waals surface area contributed by atoms with E-state index in [0.717, 1.165) is 11.5 Å². The normalized spacial score (nSPS) is 19.9. The summed E-state index contributed by atoms with van der Waals surface area (Å²) in [7, 11) is 1.41. The second-order valence-electron chi connectivity index (χ2n) is 5.40. The molecular formula is C12H19N3O2. The summed E-state index contributed by atoms with van der Waals surface area (Å²) >= 11 is 0. The standard InChI is InChI=1S/C12H19N3O2/c1-12(2,3)9-7-15-6-8(11(16)17-4)13-5-10(15)14-9/h7-8,13H,5-6H2,1-4H3. The van der Waals surface area contributed by atoms with E-state index in [9.17, 15) is 4.79 Å². The fourth-order valence-corrected chi connectivity index (χ4v) is 1.89. The zero-order valence-electron chi connectivity index (χ0n) is 10.8. The molecule has 1 aliphatic rings. The molecule has 1 aromatic heterocycles. The Bertz CT molecular complexity index is 431. The number of rotatable bonds is 1. The molecule has 1 aliphatic heterocycles. The number of carbonyl (C=O) groups excluding carboxylic acids is 1. The van der Waals surface area contributed by atoms with E-state index in [1.54, 1.807) is 0 Å². The molecule has 0 spiro atoms. The van der Waals surface area contributed by atoms with E-state index < -0.39 is 0 Å². The number of methoxy groups -OCH3 is 1. The van der Waals surface area contributed by atoms with Gasteiger partial charge in [-0.3, -0.25) is 10.1 Å². The first-order valence-electron chi connectivity index (χ1n) is 5.79. The van der Waals surface area contributed by atoms with Crippen LogP contribution in [0.2, 0.25) is 0 Å². The van der Waals surface area contributed by atoms with Crippen molar-refractivity contribution in [3.05, 3.63) is 17.7 Å². The van der Waals surface area contributed by atoms with Gasteiger partial charge in [0.15, 0.2) is 0 Å². The maximum absolute atomic E-state index is 11.5. The molecule has 0 fully saturated rings. The van der Waals surface area contributed by atoms with E-state index in [1.165, 1.54) is 7.11 Å².